The number of hydrogen-bond donors (Lipinski definition) is 1. The Morgan fingerprint density at radius 3 is 2.74 bits per heavy atom. The van der Waals surface area contributed by atoms with Gasteiger partial charge in [0.15, 0.2) is 0 Å². The van der Waals surface area contributed by atoms with Crippen LogP contribution in [-0.2, 0) is 13.1 Å². The molecule has 0 radical (unpaired) electrons. The smallest absolute Gasteiger partial charge is 0.147 e. The Morgan fingerprint density at radius 1 is 1.26 bits per heavy atom. The SMILES string of the molecule is Cc1cc(C)n(C[C@@H](C)NCc2nncn2C2CCCCC2)n1. The van der Waals surface area contributed by atoms with Gasteiger partial charge in [-0.15, -0.1) is 10.2 Å². The third kappa shape index (κ3) is 3.99. The average molecular weight is 316 g/mol. The lowest BCUT2D eigenvalue weighted by Gasteiger charge is -2.24. The molecule has 1 fully saturated rings. The Hall–Kier alpha value is -1.69. The van der Waals surface area contributed by atoms with Crippen molar-refractivity contribution in [2.75, 3.05) is 0 Å². The van der Waals surface area contributed by atoms with Crippen LogP contribution in [0.4, 0.5) is 0 Å². The fourth-order valence-electron chi connectivity index (χ4n) is 3.51. The summed E-state index contributed by atoms with van der Waals surface area (Å²) in [6.07, 6.45) is 8.43. The summed E-state index contributed by atoms with van der Waals surface area (Å²) in [4.78, 5) is 0. The van der Waals surface area contributed by atoms with Crippen LogP contribution in [0.15, 0.2) is 12.4 Å². The van der Waals surface area contributed by atoms with Gasteiger partial charge in [-0.05, 0) is 39.7 Å². The molecule has 0 unspecified atom stereocenters. The summed E-state index contributed by atoms with van der Waals surface area (Å²) < 4.78 is 4.35. The lowest BCUT2D eigenvalue weighted by atomic mass is 9.95. The Balaban J connectivity index is 1.56. The van der Waals surface area contributed by atoms with Crippen molar-refractivity contribution >= 4 is 0 Å². The molecule has 1 N–H and O–H groups in total. The molecule has 1 aliphatic rings. The minimum Gasteiger partial charge on any atom is -0.313 e. The van der Waals surface area contributed by atoms with Crippen LogP contribution in [0.3, 0.4) is 0 Å². The van der Waals surface area contributed by atoms with Crippen molar-refractivity contribution in [3.05, 3.63) is 29.6 Å². The summed E-state index contributed by atoms with van der Waals surface area (Å²) in [5, 5.41) is 16.5. The molecule has 1 atom stereocenters. The molecule has 1 saturated carbocycles. The normalized spacial score (nSPS) is 17.5. The molecule has 6 heteroatoms. The molecule has 0 aromatic carbocycles. The van der Waals surface area contributed by atoms with Crippen molar-refractivity contribution in [3.63, 3.8) is 0 Å². The van der Waals surface area contributed by atoms with E-state index < -0.39 is 0 Å². The van der Waals surface area contributed by atoms with E-state index in [1.54, 1.807) is 0 Å². The van der Waals surface area contributed by atoms with Crippen molar-refractivity contribution in [2.24, 2.45) is 0 Å². The largest absolute Gasteiger partial charge is 0.313 e. The molecule has 2 aromatic heterocycles. The Morgan fingerprint density at radius 2 is 2.04 bits per heavy atom. The second-order valence-corrected chi connectivity index (χ2v) is 6.84. The second-order valence-electron chi connectivity index (χ2n) is 6.84. The zero-order valence-electron chi connectivity index (χ0n) is 14.5. The molecule has 6 nitrogen and oxygen atoms in total. The van der Waals surface area contributed by atoms with Crippen molar-refractivity contribution < 1.29 is 0 Å². The van der Waals surface area contributed by atoms with Crippen LogP contribution in [0.2, 0.25) is 0 Å². The fourth-order valence-corrected chi connectivity index (χ4v) is 3.51. The lowest BCUT2D eigenvalue weighted by Crippen LogP contribution is -2.32. The summed E-state index contributed by atoms with van der Waals surface area (Å²) in [7, 11) is 0. The maximum Gasteiger partial charge on any atom is 0.147 e. The molecule has 3 rings (SSSR count). The van der Waals surface area contributed by atoms with Gasteiger partial charge in [0.25, 0.3) is 0 Å². The van der Waals surface area contributed by atoms with E-state index in [0.717, 1.165) is 24.6 Å². The van der Waals surface area contributed by atoms with Crippen LogP contribution in [0.1, 0.15) is 62.3 Å². The van der Waals surface area contributed by atoms with Crippen LogP contribution >= 0.6 is 0 Å². The number of rotatable bonds is 6. The van der Waals surface area contributed by atoms with E-state index in [0.29, 0.717) is 12.1 Å². The number of nitrogens with one attached hydrogen (secondary N) is 1. The highest BCUT2D eigenvalue weighted by Gasteiger charge is 2.18. The van der Waals surface area contributed by atoms with E-state index >= 15 is 0 Å². The first-order chi connectivity index (χ1) is 11.1. The zero-order chi connectivity index (χ0) is 16.2. The lowest BCUT2D eigenvalue weighted by molar-refractivity contribution is 0.339. The molecule has 2 heterocycles. The number of aryl methyl sites for hydroxylation is 2. The van der Waals surface area contributed by atoms with Crippen LogP contribution in [0.5, 0.6) is 0 Å². The first kappa shape index (κ1) is 16.2. The van der Waals surface area contributed by atoms with Crippen molar-refractivity contribution in [1.82, 2.24) is 29.9 Å². The molecule has 0 amide bonds. The van der Waals surface area contributed by atoms with Crippen molar-refractivity contribution in [2.45, 2.75) is 78.0 Å². The Labute approximate surface area is 138 Å². The van der Waals surface area contributed by atoms with Crippen molar-refractivity contribution in [3.8, 4) is 0 Å². The predicted octanol–water partition coefficient (Wildman–Crippen LogP) is 2.77. The van der Waals surface area contributed by atoms with Gasteiger partial charge >= 0.3 is 0 Å². The molecular formula is C17H28N6. The third-order valence-corrected chi connectivity index (χ3v) is 4.77. The maximum atomic E-state index is 4.53. The van der Waals surface area contributed by atoms with E-state index in [2.05, 4.69) is 49.8 Å². The maximum absolute atomic E-state index is 4.53. The number of hydrogen-bond acceptors (Lipinski definition) is 4. The van der Waals surface area contributed by atoms with Gasteiger partial charge in [-0.1, -0.05) is 19.3 Å². The minimum atomic E-state index is 0.338. The topological polar surface area (TPSA) is 60.6 Å². The van der Waals surface area contributed by atoms with Crippen LogP contribution in [0.25, 0.3) is 0 Å². The Bertz CT molecular complexity index is 623. The number of nitrogens with zero attached hydrogens (tertiary/aromatic N) is 5. The van der Waals surface area contributed by atoms with Gasteiger partial charge in [0.1, 0.15) is 12.2 Å². The summed E-state index contributed by atoms with van der Waals surface area (Å²) in [5.74, 6) is 1.05. The first-order valence-corrected chi connectivity index (χ1v) is 8.76. The van der Waals surface area contributed by atoms with Crippen LogP contribution < -0.4 is 5.32 Å². The Kier molecular flexibility index (Phi) is 5.10. The molecule has 0 spiro atoms. The summed E-state index contributed by atoms with van der Waals surface area (Å²) in [6.45, 7) is 7.96. The molecule has 0 bridgehead atoms. The fraction of sp³-hybridized carbons (Fsp3) is 0.706. The second kappa shape index (κ2) is 7.25. The summed E-state index contributed by atoms with van der Waals surface area (Å²) in [5.41, 5.74) is 2.29. The van der Waals surface area contributed by atoms with Crippen LogP contribution in [0, 0.1) is 13.8 Å². The monoisotopic (exact) mass is 316 g/mol. The zero-order valence-corrected chi connectivity index (χ0v) is 14.5. The summed E-state index contributed by atoms with van der Waals surface area (Å²) >= 11 is 0. The molecule has 1 aliphatic carbocycles. The molecular weight excluding hydrogens is 288 g/mol. The highest BCUT2D eigenvalue weighted by Crippen LogP contribution is 2.28. The summed E-state index contributed by atoms with van der Waals surface area (Å²) in [6, 6.07) is 3.04. The molecule has 0 aliphatic heterocycles. The number of aromatic nitrogens is 5. The van der Waals surface area contributed by atoms with Crippen LogP contribution in [-0.4, -0.2) is 30.6 Å². The third-order valence-electron chi connectivity index (χ3n) is 4.77. The van der Waals surface area contributed by atoms with E-state index in [1.807, 2.05) is 13.3 Å². The molecule has 2 aromatic rings. The highest BCUT2D eigenvalue weighted by atomic mass is 15.3. The minimum absolute atomic E-state index is 0.338. The molecule has 0 saturated heterocycles. The van der Waals surface area contributed by atoms with Gasteiger partial charge in [0.2, 0.25) is 0 Å². The predicted molar refractivity (Wildman–Crippen MR) is 90.1 cm³/mol. The van der Waals surface area contributed by atoms with Gasteiger partial charge in [-0.2, -0.15) is 5.10 Å². The molecule has 126 valence electrons. The highest BCUT2D eigenvalue weighted by molar-refractivity contribution is 5.06. The van der Waals surface area contributed by atoms with Gasteiger partial charge in [-0.25, -0.2) is 0 Å². The quantitative estimate of drug-likeness (QED) is 0.890. The van der Waals surface area contributed by atoms with E-state index in [4.69, 9.17) is 0 Å². The van der Waals surface area contributed by atoms with E-state index in [9.17, 15) is 0 Å². The van der Waals surface area contributed by atoms with Crippen molar-refractivity contribution in [1.29, 1.82) is 0 Å². The standard InChI is InChI=1S/C17H28N6/c1-13-9-15(3)23(21-13)11-14(2)18-10-17-20-19-12-22(17)16-7-5-4-6-8-16/h9,12,14,16,18H,4-8,10-11H2,1-3H3/t14-/m1/s1. The molecule has 23 heavy (non-hydrogen) atoms. The van der Waals surface area contributed by atoms with Gasteiger partial charge in [0.05, 0.1) is 18.8 Å². The van der Waals surface area contributed by atoms with Gasteiger partial charge in [-0.3, -0.25) is 4.68 Å². The van der Waals surface area contributed by atoms with E-state index in [1.165, 1.54) is 37.8 Å². The average Bonchev–Trinajstić information content (AvgIpc) is 3.13. The first-order valence-electron chi connectivity index (χ1n) is 8.76. The van der Waals surface area contributed by atoms with Gasteiger partial charge in [0, 0.05) is 17.8 Å². The van der Waals surface area contributed by atoms with Gasteiger partial charge < -0.3 is 9.88 Å². The van der Waals surface area contributed by atoms with E-state index in [-0.39, 0.29) is 0 Å².